The molecular weight excluding hydrogens is 490 g/mol. The second-order valence-electron chi connectivity index (χ2n) is 13.6. The predicted octanol–water partition coefficient (Wildman–Crippen LogP) is 4.19. The van der Waals surface area contributed by atoms with Gasteiger partial charge in [-0.25, -0.2) is 0 Å². The highest BCUT2D eigenvalue weighted by Crippen LogP contribution is 2.37. The molecule has 2 saturated heterocycles. The number of nitrogens with one attached hydrogen (secondary N) is 2. The van der Waals surface area contributed by atoms with E-state index in [-0.39, 0.29) is 12.5 Å². The van der Waals surface area contributed by atoms with Crippen molar-refractivity contribution in [2.45, 2.75) is 121 Å². The van der Waals surface area contributed by atoms with Gasteiger partial charge in [-0.1, -0.05) is 44.3 Å². The molecule has 7 nitrogen and oxygen atoms in total. The molecule has 222 valence electrons. The van der Waals surface area contributed by atoms with Gasteiger partial charge in [-0.15, -0.1) is 0 Å². The van der Waals surface area contributed by atoms with Crippen LogP contribution < -0.4 is 10.6 Å². The lowest BCUT2D eigenvalue weighted by atomic mass is 9.79. The summed E-state index contributed by atoms with van der Waals surface area (Å²) in [5.41, 5.74) is 0. The lowest BCUT2D eigenvalue weighted by Gasteiger charge is -2.32. The maximum Gasteiger partial charge on any atom is 0.240 e. The van der Waals surface area contributed by atoms with E-state index in [2.05, 4.69) is 22.8 Å². The van der Waals surface area contributed by atoms with Crippen LogP contribution in [-0.2, 0) is 9.63 Å². The molecule has 3 aliphatic carbocycles. The fourth-order valence-electron chi connectivity index (χ4n) is 8.52. The molecule has 0 aromatic carbocycles. The second kappa shape index (κ2) is 14.3. The molecule has 3 unspecified atom stereocenters. The molecule has 1 amide bonds. The fraction of sp³-hybridized carbons (Fsp3) is 0.906. The predicted molar refractivity (Wildman–Crippen MR) is 154 cm³/mol. The van der Waals surface area contributed by atoms with Crippen molar-refractivity contribution in [1.82, 2.24) is 15.7 Å². The molecule has 0 bridgehead atoms. The molecule has 0 spiro atoms. The fourth-order valence-corrected chi connectivity index (χ4v) is 8.52. The maximum atomic E-state index is 13.5. The van der Waals surface area contributed by atoms with E-state index in [9.17, 15) is 15.0 Å². The van der Waals surface area contributed by atoms with E-state index in [1.807, 2.05) is 5.06 Å². The number of rotatable bonds is 10. The highest BCUT2D eigenvalue weighted by Gasteiger charge is 2.49. The number of carbonyl (C=O) groups excluding carboxylic acids is 1. The summed E-state index contributed by atoms with van der Waals surface area (Å²) in [5, 5.41) is 29.4. The number of allylic oxidation sites excluding steroid dienone is 2. The van der Waals surface area contributed by atoms with Crippen LogP contribution in [0.15, 0.2) is 12.2 Å². The minimum absolute atomic E-state index is 0.0625. The van der Waals surface area contributed by atoms with E-state index in [0.29, 0.717) is 36.9 Å². The van der Waals surface area contributed by atoms with Crippen LogP contribution in [0.4, 0.5) is 0 Å². The molecule has 2 heterocycles. The van der Waals surface area contributed by atoms with Crippen molar-refractivity contribution in [3.8, 4) is 0 Å². The average molecular weight is 546 g/mol. The third kappa shape index (κ3) is 7.45. The molecule has 2 aliphatic heterocycles. The quantitative estimate of drug-likeness (QED) is 0.308. The van der Waals surface area contributed by atoms with Crippen LogP contribution in [0.2, 0.25) is 0 Å². The smallest absolute Gasteiger partial charge is 0.240 e. The summed E-state index contributed by atoms with van der Waals surface area (Å²) in [7, 11) is 0. The zero-order valence-electron chi connectivity index (χ0n) is 24.3. The number of amides is 1. The van der Waals surface area contributed by atoms with Gasteiger partial charge in [-0.3, -0.25) is 9.63 Å². The minimum Gasteiger partial charge on any atom is -0.396 e. The first kappa shape index (κ1) is 29.5. The Morgan fingerprint density at radius 1 is 1.00 bits per heavy atom. The van der Waals surface area contributed by atoms with Crippen molar-refractivity contribution in [3.05, 3.63) is 12.2 Å². The van der Waals surface area contributed by atoms with Gasteiger partial charge in [0.05, 0.1) is 12.7 Å². The third-order valence-corrected chi connectivity index (χ3v) is 10.9. The summed E-state index contributed by atoms with van der Waals surface area (Å²) in [4.78, 5) is 19.7. The first-order chi connectivity index (χ1) is 19.0. The van der Waals surface area contributed by atoms with Gasteiger partial charge in [0.25, 0.3) is 0 Å². The van der Waals surface area contributed by atoms with Gasteiger partial charge in [0.2, 0.25) is 5.91 Å². The van der Waals surface area contributed by atoms with Crippen LogP contribution in [0.25, 0.3) is 0 Å². The number of nitrogens with zero attached hydrogens (tertiary/aromatic N) is 1. The monoisotopic (exact) mass is 545 g/mol. The summed E-state index contributed by atoms with van der Waals surface area (Å²) in [5.74, 6) is 2.83. The van der Waals surface area contributed by atoms with Gasteiger partial charge in [0.15, 0.2) is 0 Å². The summed E-state index contributed by atoms with van der Waals surface area (Å²) in [6, 6.07) is 0.115. The summed E-state index contributed by atoms with van der Waals surface area (Å²) >= 11 is 0. The van der Waals surface area contributed by atoms with Crippen LogP contribution in [0, 0.1) is 35.5 Å². The second-order valence-corrected chi connectivity index (χ2v) is 13.6. The highest BCUT2D eigenvalue weighted by molar-refractivity contribution is 5.82. The number of aliphatic hydroxyl groups excluding tert-OH is 2. The van der Waals surface area contributed by atoms with Crippen LogP contribution in [0.5, 0.6) is 0 Å². The molecule has 0 aromatic heterocycles. The Balaban J connectivity index is 1.12. The van der Waals surface area contributed by atoms with Crippen molar-refractivity contribution in [2.24, 2.45) is 35.5 Å². The zero-order chi connectivity index (χ0) is 27.2. The van der Waals surface area contributed by atoms with Gasteiger partial charge >= 0.3 is 0 Å². The van der Waals surface area contributed by atoms with Gasteiger partial charge in [-0.05, 0) is 101 Å². The van der Waals surface area contributed by atoms with E-state index < -0.39 is 24.2 Å². The van der Waals surface area contributed by atoms with Gasteiger partial charge in [-0.2, -0.15) is 5.06 Å². The summed E-state index contributed by atoms with van der Waals surface area (Å²) < 4.78 is 0. The van der Waals surface area contributed by atoms with Crippen molar-refractivity contribution in [3.63, 3.8) is 0 Å². The number of fused-ring (bicyclic) bond motifs is 1. The van der Waals surface area contributed by atoms with Crippen LogP contribution in [0.3, 0.4) is 0 Å². The lowest BCUT2D eigenvalue weighted by molar-refractivity contribution is -0.193. The van der Waals surface area contributed by atoms with E-state index in [4.69, 9.17) is 4.84 Å². The Labute approximate surface area is 236 Å². The first-order valence-electron chi connectivity index (χ1n) is 16.4. The Bertz CT molecular complexity index is 792. The standard InChI is InChI=1S/C32H55N3O4/c1-22(37)31-28(21-36)30(32(38)33-18-17-26-19-34-29-10-6-5-9-27(26)29)35(39-31)20-25-15-13-24(14-16-25)12-11-23-7-3-2-4-8-23/h11-12,22-31,34,36-37H,2-10,13-21H2,1H3,(H,33,38)/b12-11+/t22-,24?,25?,26?,27?,28+,29?,30+,31+/m0/s1. The summed E-state index contributed by atoms with van der Waals surface area (Å²) in [6.45, 7) is 3.94. The molecule has 5 rings (SSSR count). The Hall–Kier alpha value is -0.990. The minimum atomic E-state index is -0.740. The SMILES string of the molecule is C[C@H](O)[C@H]1ON(CC2CCC(/C=C/C3CCCCC3)CC2)[C@@H](C(=O)NCCC2CNC3CCCCC23)[C@H]1CO. The van der Waals surface area contributed by atoms with Crippen molar-refractivity contribution in [1.29, 1.82) is 0 Å². The number of aliphatic hydroxyl groups is 2. The molecule has 39 heavy (non-hydrogen) atoms. The highest BCUT2D eigenvalue weighted by atomic mass is 16.7. The van der Waals surface area contributed by atoms with Gasteiger partial charge in [0, 0.05) is 25.0 Å². The van der Waals surface area contributed by atoms with E-state index in [1.165, 1.54) is 70.6 Å². The van der Waals surface area contributed by atoms with Gasteiger partial charge in [0.1, 0.15) is 12.1 Å². The Kier molecular flexibility index (Phi) is 10.8. The number of carbonyl (C=O) groups is 1. The molecule has 0 aromatic rings. The number of hydrogen-bond acceptors (Lipinski definition) is 6. The average Bonchev–Trinajstić information content (AvgIpc) is 3.54. The number of hydrogen-bond donors (Lipinski definition) is 4. The maximum absolute atomic E-state index is 13.5. The van der Waals surface area contributed by atoms with E-state index >= 15 is 0 Å². The van der Waals surface area contributed by atoms with E-state index in [0.717, 1.165) is 37.6 Å². The molecular formula is C32H55N3O4. The third-order valence-electron chi connectivity index (χ3n) is 10.9. The number of hydroxylamine groups is 2. The van der Waals surface area contributed by atoms with Crippen molar-refractivity contribution < 1.29 is 19.8 Å². The molecule has 5 aliphatic rings. The van der Waals surface area contributed by atoms with Crippen LogP contribution in [-0.4, -0.2) is 71.7 Å². The normalized spacial score (nSPS) is 39.2. The lowest BCUT2D eigenvalue weighted by Crippen LogP contribution is -2.49. The molecule has 3 saturated carbocycles. The molecule has 4 N–H and O–H groups in total. The molecule has 7 atom stereocenters. The topological polar surface area (TPSA) is 94.1 Å². The molecule has 7 heteroatoms. The van der Waals surface area contributed by atoms with E-state index in [1.54, 1.807) is 6.92 Å². The van der Waals surface area contributed by atoms with Crippen LogP contribution >= 0.6 is 0 Å². The zero-order valence-corrected chi connectivity index (χ0v) is 24.3. The Morgan fingerprint density at radius 3 is 2.41 bits per heavy atom. The van der Waals surface area contributed by atoms with Crippen molar-refractivity contribution in [2.75, 3.05) is 26.2 Å². The summed E-state index contributed by atoms with van der Waals surface area (Å²) in [6.07, 6.45) is 21.5. The largest absolute Gasteiger partial charge is 0.396 e. The van der Waals surface area contributed by atoms with Crippen molar-refractivity contribution >= 4 is 5.91 Å². The first-order valence-corrected chi connectivity index (χ1v) is 16.4. The van der Waals surface area contributed by atoms with Gasteiger partial charge < -0.3 is 20.8 Å². The van der Waals surface area contributed by atoms with Crippen LogP contribution in [0.1, 0.15) is 96.8 Å². The Morgan fingerprint density at radius 2 is 1.69 bits per heavy atom. The molecule has 0 radical (unpaired) electrons. The molecule has 5 fully saturated rings.